The van der Waals surface area contributed by atoms with Crippen molar-refractivity contribution < 1.29 is 5.11 Å². The van der Waals surface area contributed by atoms with Crippen molar-refractivity contribution in [3.05, 3.63) is 60.2 Å². The predicted molar refractivity (Wildman–Crippen MR) is 84.5 cm³/mol. The molecule has 106 valence electrons. The van der Waals surface area contributed by atoms with E-state index in [4.69, 9.17) is 0 Å². The minimum atomic E-state index is -0.621. The summed E-state index contributed by atoms with van der Waals surface area (Å²) in [6, 6.07) is 18.9. The van der Waals surface area contributed by atoms with Gasteiger partial charge in [0.1, 0.15) is 0 Å². The van der Waals surface area contributed by atoms with Gasteiger partial charge in [0.25, 0.3) is 0 Å². The molecule has 20 heavy (non-hydrogen) atoms. The first-order chi connectivity index (χ1) is 9.61. The van der Waals surface area contributed by atoms with Crippen LogP contribution in [-0.4, -0.2) is 17.3 Å². The normalized spacial score (nSPS) is 13.9. The summed E-state index contributed by atoms with van der Waals surface area (Å²) in [5.74, 6) is 0. The molecule has 1 atom stereocenters. The lowest BCUT2D eigenvalue weighted by atomic mass is 10.0. The Labute approximate surface area is 121 Å². The maximum Gasteiger partial charge on any atom is 0.0741 e. The maximum absolute atomic E-state index is 9.93. The predicted octanol–water partition coefficient (Wildman–Crippen LogP) is 3.60. The molecule has 2 N–H and O–H groups in total. The minimum absolute atomic E-state index is 0.615. The van der Waals surface area contributed by atoms with E-state index < -0.39 is 5.60 Å². The Kier molecular flexibility index (Phi) is 4.94. The highest BCUT2D eigenvalue weighted by molar-refractivity contribution is 5.63. The van der Waals surface area contributed by atoms with Crippen LogP contribution < -0.4 is 5.32 Å². The summed E-state index contributed by atoms with van der Waals surface area (Å²) in [4.78, 5) is 0. The average Bonchev–Trinajstić information content (AvgIpc) is 2.49. The van der Waals surface area contributed by atoms with Crippen LogP contribution in [0.25, 0.3) is 11.1 Å². The van der Waals surface area contributed by atoms with Gasteiger partial charge in [-0.15, -0.1) is 0 Å². The van der Waals surface area contributed by atoms with Crippen LogP contribution in [0, 0.1) is 0 Å². The Morgan fingerprint density at radius 2 is 1.55 bits per heavy atom. The second-order valence-electron chi connectivity index (χ2n) is 5.52. The van der Waals surface area contributed by atoms with E-state index >= 15 is 0 Å². The minimum Gasteiger partial charge on any atom is -0.389 e. The molecule has 0 saturated heterocycles. The Hall–Kier alpha value is -1.64. The van der Waals surface area contributed by atoms with Gasteiger partial charge >= 0.3 is 0 Å². The van der Waals surface area contributed by atoms with Gasteiger partial charge in [0.2, 0.25) is 0 Å². The van der Waals surface area contributed by atoms with Crippen LogP contribution in [0.5, 0.6) is 0 Å². The zero-order valence-electron chi connectivity index (χ0n) is 12.3. The van der Waals surface area contributed by atoms with Crippen LogP contribution in [0.1, 0.15) is 25.8 Å². The molecule has 0 heterocycles. The van der Waals surface area contributed by atoms with Crippen molar-refractivity contribution >= 4 is 0 Å². The van der Waals surface area contributed by atoms with Crippen molar-refractivity contribution in [2.45, 2.75) is 32.4 Å². The van der Waals surface area contributed by atoms with Gasteiger partial charge < -0.3 is 10.4 Å². The van der Waals surface area contributed by atoms with Crippen molar-refractivity contribution in [1.29, 1.82) is 0 Å². The average molecular weight is 269 g/mol. The van der Waals surface area contributed by atoms with Gasteiger partial charge in [-0.1, -0.05) is 61.5 Å². The van der Waals surface area contributed by atoms with E-state index in [2.05, 4.69) is 53.8 Å². The van der Waals surface area contributed by atoms with Gasteiger partial charge in [0.05, 0.1) is 5.60 Å². The zero-order valence-corrected chi connectivity index (χ0v) is 12.3. The number of benzene rings is 2. The molecule has 2 heteroatoms. The standard InChI is InChI=1S/C18H23NO/c1-3-18(2,20)14-19-13-15-9-11-17(12-10-15)16-7-5-4-6-8-16/h4-12,19-20H,3,13-14H2,1-2H3. The molecule has 2 nitrogen and oxygen atoms in total. The van der Waals surface area contributed by atoms with Gasteiger partial charge in [0, 0.05) is 13.1 Å². The summed E-state index contributed by atoms with van der Waals surface area (Å²) < 4.78 is 0. The SMILES string of the molecule is CCC(C)(O)CNCc1ccc(-c2ccccc2)cc1. The Morgan fingerprint density at radius 3 is 2.15 bits per heavy atom. The molecule has 0 aromatic heterocycles. The van der Waals surface area contributed by atoms with Crippen LogP contribution >= 0.6 is 0 Å². The van der Waals surface area contributed by atoms with E-state index in [0.717, 1.165) is 13.0 Å². The second-order valence-corrected chi connectivity index (χ2v) is 5.52. The number of hydrogen-bond acceptors (Lipinski definition) is 2. The van der Waals surface area contributed by atoms with Crippen LogP contribution in [0.2, 0.25) is 0 Å². The smallest absolute Gasteiger partial charge is 0.0741 e. The van der Waals surface area contributed by atoms with E-state index in [1.165, 1.54) is 16.7 Å². The maximum atomic E-state index is 9.93. The summed E-state index contributed by atoms with van der Waals surface area (Å²) in [7, 11) is 0. The Bertz CT molecular complexity index is 517. The fourth-order valence-electron chi connectivity index (χ4n) is 2.05. The van der Waals surface area contributed by atoms with Crippen LogP contribution in [0.4, 0.5) is 0 Å². The molecule has 2 rings (SSSR count). The third-order valence-corrected chi connectivity index (χ3v) is 3.66. The molecule has 0 saturated carbocycles. The van der Waals surface area contributed by atoms with E-state index in [1.54, 1.807) is 0 Å². The monoisotopic (exact) mass is 269 g/mol. The van der Waals surface area contributed by atoms with E-state index in [9.17, 15) is 5.11 Å². The quantitative estimate of drug-likeness (QED) is 0.839. The fourth-order valence-corrected chi connectivity index (χ4v) is 2.05. The van der Waals surface area contributed by atoms with E-state index in [1.807, 2.05) is 19.9 Å². The highest BCUT2D eigenvalue weighted by Gasteiger charge is 2.16. The van der Waals surface area contributed by atoms with Gasteiger partial charge in [-0.3, -0.25) is 0 Å². The highest BCUT2D eigenvalue weighted by Crippen LogP contribution is 2.19. The number of rotatable bonds is 6. The third-order valence-electron chi connectivity index (χ3n) is 3.66. The van der Waals surface area contributed by atoms with Crippen molar-refractivity contribution in [3.63, 3.8) is 0 Å². The summed E-state index contributed by atoms with van der Waals surface area (Å²) in [6.45, 7) is 5.25. The summed E-state index contributed by atoms with van der Waals surface area (Å²) >= 11 is 0. The lowest BCUT2D eigenvalue weighted by Crippen LogP contribution is -2.36. The molecule has 2 aromatic carbocycles. The largest absolute Gasteiger partial charge is 0.389 e. The molecule has 2 aromatic rings. The van der Waals surface area contributed by atoms with Crippen molar-refractivity contribution in [1.82, 2.24) is 5.32 Å². The van der Waals surface area contributed by atoms with Crippen LogP contribution in [0.3, 0.4) is 0 Å². The highest BCUT2D eigenvalue weighted by atomic mass is 16.3. The van der Waals surface area contributed by atoms with Gasteiger partial charge in [-0.25, -0.2) is 0 Å². The molecule has 0 aliphatic heterocycles. The molecule has 1 unspecified atom stereocenters. The molecule has 0 aliphatic carbocycles. The molecule has 0 spiro atoms. The van der Waals surface area contributed by atoms with E-state index in [-0.39, 0.29) is 0 Å². The van der Waals surface area contributed by atoms with Gasteiger partial charge in [-0.2, -0.15) is 0 Å². The first kappa shape index (κ1) is 14.8. The molecule has 0 bridgehead atoms. The van der Waals surface area contributed by atoms with Crippen LogP contribution in [0.15, 0.2) is 54.6 Å². The fraction of sp³-hybridized carbons (Fsp3) is 0.333. The first-order valence-corrected chi connectivity index (χ1v) is 7.18. The lowest BCUT2D eigenvalue weighted by Gasteiger charge is -2.21. The molecular formula is C18H23NO. The third kappa shape index (κ3) is 4.19. The molecule has 0 fully saturated rings. The lowest BCUT2D eigenvalue weighted by molar-refractivity contribution is 0.0555. The number of nitrogens with one attached hydrogen (secondary N) is 1. The van der Waals surface area contributed by atoms with Crippen molar-refractivity contribution in [2.24, 2.45) is 0 Å². The topological polar surface area (TPSA) is 32.3 Å². The zero-order chi connectivity index (χ0) is 14.4. The Morgan fingerprint density at radius 1 is 0.950 bits per heavy atom. The first-order valence-electron chi connectivity index (χ1n) is 7.18. The molecule has 0 aliphatic rings. The summed E-state index contributed by atoms with van der Waals surface area (Å²) in [6.07, 6.45) is 0.757. The summed E-state index contributed by atoms with van der Waals surface area (Å²) in [5, 5.41) is 13.2. The van der Waals surface area contributed by atoms with E-state index in [0.29, 0.717) is 6.54 Å². The van der Waals surface area contributed by atoms with Crippen LogP contribution in [-0.2, 0) is 6.54 Å². The van der Waals surface area contributed by atoms with Crippen molar-refractivity contribution in [3.8, 4) is 11.1 Å². The number of hydrogen-bond donors (Lipinski definition) is 2. The Balaban J connectivity index is 1.92. The van der Waals surface area contributed by atoms with Crippen molar-refractivity contribution in [2.75, 3.05) is 6.54 Å². The summed E-state index contributed by atoms with van der Waals surface area (Å²) in [5.41, 5.74) is 3.08. The number of aliphatic hydroxyl groups is 1. The molecule has 0 radical (unpaired) electrons. The molecule has 0 amide bonds. The second kappa shape index (κ2) is 6.69. The molecular weight excluding hydrogens is 246 g/mol. The van der Waals surface area contributed by atoms with Gasteiger partial charge in [0.15, 0.2) is 0 Å². The van der Waals surface area contributed by atoms with Gasteiger partial charge in [-0.05, 0) is 30.0 Å².